The second-order valence-corrected chi connectivity index (χ2v) is 9.10. The number of amides is 1. The summed E-state index contributed by atoms with van der Waals surface area (Å²) in [4.78, 5) is 23.1. The van der Waals surface area contributed by atoms with E-state index >= 15 is 0 Å². The van der Waals surface area contributed by atoms with E-state index in [-0.39, 0.29) is 42.0 Å². The van der Waals surface area contributed by atoms with Crippen molar-refractivity contribution in [2.75, 3.05) is 26.2 Å². The minimum absolute atomic E-state index is 0.0799. The Balaban J connectivity index is 1.43. The van der Waals surface area contributed by atoms with Crippen LogP contribution in [0.25, 0.3) is 11.4 Å². The van der Waals surface area contributed by atoms with Gasteiger partial charge in [0.1, 0.15) is 4.90 Å². The maximum atomic E-state index is 12.8. The average Bonchev–Trinajstić information content (AvgIpc) is 2.79. The van der Waals surface area contributed by atoms with E-state index in [2.05, 4.69) is 9.97 Å². The van der Waals surface area contributed by atoms with E-state index in [4.69, 9.17) is 11.6 Å². The number of carbonyl (C=O) groups is 1. The highest BCUT2D eigenvalue weighted by molar-refractivity contribution is 7.89. The van der Waals surface area contributed by atoms with Gasteiger partial charge in [0.05, 0.1) is 10.6 Å². The normalized spacial score (nSPS) is 15.2. The number of hydrogen-bond acceptors (Lipinski definition) is 5. The molecule has 4 rings (SSSR count). The van der Waals surface area contributed by atoms with Crippen LogP contribution in [0.15, 0.2) is 71.9 Å². The van der Waals surface area contributed by atoms with E-state index in [1.807, 2.05) is 30.3 Å². The van der Waals surface area contributed by atoms with Crippen LogP contribution < -0.4 is 0 Å². The smallest absolute Gasteiger partial charge is 0.257 e. The summed E-state index contributed by atoms with van der Waals surface area (Å²) in [5, 5.41) is 0.187. The lowest BCUT2D eigenvalue weighted by Gasteiger charge is -2.34. The summed E-state index contributed by atoms with van der Waals surface area (Å²) in [5.41, 5.74) is 1.24. The van der Waals surface area contributed by atoms with Crippen molar-refractivity contribution in [3.05, 3.63) is 77.6 Å². The second-order valence-electron chi connectivity index (χ2n) is 6.79. The van der Waals surface area contributed by atoms with E-state index in [0.29, 0.717) is 11.4 Å². The summed E-state index contributed by atoms with van der Waals surface area (Å²) in [6, 6.07) is 15.9. The number of sulfonamides is 1. The van der Waals surface area contributed by atoms with Crippen LogP contribution in [0.3, 0.4) is 0 Å². The molecule has 1 saturated heterocycles. The largest absolute Gasteiger partial charge is 0.336 e. The molecule has 0 saturated carbocycles. The average molecular weight is 443 g/mol. The van der Waals surface area contributed by atoms with Crippen LogP contribution in [-0.4, -0.2) is 59.7 Å². The highest BCUT2D eigenvalue weighted by Crippen LogP contribution is 2.25. The van der Waals surface area contributed by atoms with Crippen molar-refractivity contribution in [1.82, 2.24) is 19.2 Å². The van der Waals surface area contributed by atoms with Gasteiger partial charge in [-0.2, -0.15) is 4.31 Å². The number of hydrogen-bond donors (Lipinski definition) is 0. The first-order valence-corrected chi connectivity index (χ1v) is 11.2. The fourth-order valence-electron chi connectivity index (χ4n) is 3.28. The molecule has 1 amide bonds. The minimum Gasteiger partial charge on any atom is -0.336 e. The molecule has 2 aromatic carbocycles. The van der Waals surface area contributed by atoms with Crippen molar-refractivity contribution in [1.29, 1.82) is 0 Å². The van der Waals surface area contributed by atoms with Crippen LogP contribution in [0, 0.1) is 0 Å². The van der Waals surface area contributed by atoms with Gasteiger partial charge in [-0.3, -0.25) is 4.79 Å². The lowest BCUT2D eigenvalue weighted by Crippen LogP contribution is -2.50. The number of carbonyl (C=O) groups excluding carboxylic acids is 1. The van der Waals surface area contributed by atoms with E-state index < -0.39 is 10.0 Å². The molecule has 3 aromatic rings. The quantitative estimate of drug-likeness (QED) is 0.620. The number of nitrogens with zero attached hydrogens (tertiary/aromatic N) is 4. The summed E-state index contributed by atoms with van der Waals surface area (Å²) < 4.78 is 27.0. The topological polar surface area (TPSA) is 83.5 Å². The Morgan fingerprint density at radius 1 is 0.867 bits per heavy atom. The molecular formula is C21H19ClN4O3S. The molecule has 0 bridgehead atoms. The summed E-state index contributed by atoms with van der Waals surface area (Å²) in [5.74, 6) is 0.326. The molecule has 1 aliphatic rings. The molecule has 1 aromatic heterocycles. The lowest BCUT2D eigenvalue weighted by atomic mass is 10.2. The van der Waals surface area contributed by atoms with Gasteiger partial charge in [0, 0.05) is 44.1 Å². The maximum Gasteiger partial charge on any atom is 0.257 e. The monoisotopic (exact) mass is 442 g/mol. The molecule has 154 valence electrons. The molecular weight excluding hydrogens is 424 g/mol. The van der Waals surface area contributed by atoms with Gasteiger partial charge in [0.15, 0.2) is 5.82 Å². The molecule has 7 nitrogen and oxygen atoms in total. The molecule has 0 radical (unpaired) electrons. The Kier molecular flexibility index (Phi) is 5.80. The number of piperazine rings is 1. The third-order valence-corrected chi connectivity index (χ3v) is 7.31. The predicted molar refractivity (Wildman–Crippen MR) is 114 cm³/mol. The van der Waals surface area contributed by atoms with Gasteiger partial charge >= 0.3 is 0 Å². The van der Waals surface area contributed by atoms with Gasteiger partial charge in [0.25, 0.3) is 5.91 Å². The van der Waals surface area contributed by atoms with E-state index in [1.54, 1.807) is 23.1 Å². The zero-order valence-corrected chi connectivity index (χ0v) is 17.6. The first kappa shape index (κ1) is 20.5. The Bertz CT molecular complexity index is 1150. The molecule has 0 atom stereocenters. The fraction of sp³-hybridized carbons (Fsp3) is 0.190. The lowest BCUT2D eigenvalue weighted by molar-refractivity contribution is 0.0697. The van der Waals surface area contributed by atoms with Crippen LogP contribution in [0.4, 0.5) is 0 Å². The van der Waals surface area contributed by atoms with Crippen molar-refractivity contribution in [2.45, 2.75) is 4.90 Å². The van der Waals surface area contributed by atoms with Gasteiger partial charge in [-0.25, -0.2) is 18.4 Å². The van der Waals surface area contributed by atoms with Crippen LogP contribution in [0.1, 0.15) is 10.4 Å². The Morgan fingerprint density at radius 2 is 1.47 bits per heavy atom. The highest BCUT2D eigenvalue weighted by Gasteiger charge is 2.31. The SMILES string of the molecule is O=C(c1cnc(-c2ccccc2)nc1)N1CCN(S(=O)(=O)c2ccccc2Cl)CC1. The predicted octanol–water partition coefficient (Wildman–Crippen LogP) is 2.94. The second kappa shape index (κ2) is 8.51. The zero-order chi connectivity index (χ0) is 21.1. The maximum absolute atomic E-state index is 12.8. The number of aromatic nitrogens is 2. The molecule has 0 aliphatic carbocycles. The van der Waals surface area contributed by atoms with Crippen LogP contribution in [0.2, 0.25) is 5.02 Å². The van der Waals surface area contributed by atoms with Gasteiger partial charge < -0.3 is 4.90 Å². The van der Waals surface area contributed by atoms with Crippen LogP contribution in [0.5, 0.6) is 0 Å². The Morgan fingerprint density at radius 3 is 2.10 bits per heavy atom. The first-order valence-electron chi connectivity index (χ1n) is 9.38. The van der Waals surface area contributed by atoms with Gasteiger partial charge in [-0.15, -0.1) is 0 Å². The van der Waals surface area contributed by atoms with Gasteiger partial charge in [-0.1, -0.05) is 54.1 Å². The summed E-state index contributed by atoms with van der Waals surface area (Å²) in [7, 11) is -3.70. The number of benzene rings is 2. The van der Waals surface area contributed by atoms with Crippen LogP contribution in [-0.2, 0) is 10.0 Å². The molecule has 30 heavy (non-hydrogen) atoms. The first-order chi connectivity index (χ1) is 14.5. The molecule has 9 heteroatoms. The van der Waals surface area contributed by atoms with Crippen molar-refractivity contribution < 1.29 is 13.2 Å². The number of halogens is 1. The highest BCUT2D eigenvalue weighted by atomic mass is 35.5. The van der Waals surface area contributed by atoms with Gasteiger partial charge in [-0.05, 0) is 12.1 Å². The van der Waals surface area contributed by atoms with E-state index in [9.17, 15) is 13.2 Å². The molecule has 0 unspecified atom stereocenters. The van der Waals surface area contributed by atoms with Crippen molar-refractivity contribution in [2.24, 2.45) is 0 Å². The summed E-state index contributed by atoms with van der Waals surface area (Å²) in [6.45, 7) is 0.955. The Hall–Kier alpha value is -2.81. The molecule has 1 fully saturated rings. The van der Waals surface area contributed by atoms with Crippen molar-refractivity contribution >= 4 is 27.5 Å². The van der Waals surface area contributed by atoms with E-state index in [0.717, 1.165) is 5.56 Å². The fourth-order valence-corrected chi connectivity index (χ4v) is 5.20. The van der Waals surface area contributed by atoms with E-state index in [1.165, 1.54) is 22.8 Å². The van der Waals surface area contributed by atoms with Crippen molar-refractivity contribution in [3.8, 4) is 11.4 Å². The molecule has 0 N–H and O–H groups in total. The summed E-state index contributed by atoms with van der Waals surface area (Å²) in [6.07, 6.45) is 3.01. The molecule has 1 aliphatic heterocycles. The number of rotatable bonds is 4. The molecule has 0 spiro atoms. The van der Waals surface area contributed by atoms with Gasteiger partial charge in [0.2, 0.25) is 10.0 Å². The molecule has 2 heterocycles. The zero-order valence-electron chi connectivity index (χ0n) is 16.0. The van der Waals surface area contributed by atoms with Crippen molar-refractivity contribution in [3.63, 3.8) is 0 Å². The Labute approximate surface area is 180 Å². The van der Waals surface area contributed by atoms with Crippen LogP contribution >= 0.6 is 11.6 Å². The summed E-state index contributed by atoms with van der Waals surface area (Å²) >= 11 is 6.06. The third kappa shape index (κ3) is 4.07. The third-order valence-electron chi connectivity index (χ3n) is 4.91. The standard InChI is InChI=1S/C21H19ClN4O3S/c22-18-8-4-5-9-19(18)30(28,29)26-12-10-25(11-13-26)21(27)17-14-23-20(24-15-17)16-6-2-1-3-7-16/h1-9,14-15H,10-13H2. The minimum atomic E-state index is -3.70.